The lowest BCUT2D eigenvalue weighted by atomic mass is 10.2. The van der Waals surface area contributed by atoms with Gasteiger partial charge in [-0.3, -0.25) is 4.98 Å². The number of pyridine rings is 1. The number of fused-ring (bicyclic) bond motifs is 1. The zero-order valence-corrected chi connectivity index (χ0v) is 11.2. The molecule has 1 atom stereocenters. The van der Waals surface area contributed by atoms with Crippen molar-refractivity contribution in [3.8, 4) is 0 Å². The Morgan fingerprint density at radius 2 is 2.06 bits per heavy atom. The van der Waals surface area contributed by atoms with Crippen molar-refractivity contribution in [2.45, 2.75) is 18.9 Å². The molecule has 4 heteroatoms. The van der Waals surface area contributed by atoms with E-state index in [1.165, 1.54) is 17.7 Å². The van der Waals surface area contributed by atoms with E-state index in [-0.39, 0.29) is 11.9 Å². The molecule has 0 spiro atoms. The molecule has 18 heavy (non-hydrogen) atoms. The Hall–Kier alpha value is -1.42. The fraction of sp³-hybridized carbons (Fsp3) is 0.214. The van der Waals surface area contributed by atoms with Crippen molar-refractivity contribution in [1.82, 2.24) is 4.98 Å². The number of benzene rings is 1. The number of rotatable bonds is 2. The maximum atomic E-state index is 12.8. The van der Waals surface area contributed by atoms with Crippen LogP contribution in [0.2, 0.25) is 0 Å². The van der Waals surface area contributed by atoms with Crippen LogP contribution in [0.3, 0.4) is 0 Å². The Morgan fingerprint density at radius 3 is 2.83 bits per heavy atom. The molecule has 1 heterocycles. The molecule has 92 valence electrons. The van der Waals surface area contributed by atoms with E-state index in [9.17, 15) is 4.39 Å². The van der Waals surface area contributed by atoms with Crippen LogP contribution in [-0.4, -0.2) is 4.98 Å². The van der Waals surface area contributed by atoms with Crippen LogP contribution < -0.4 is 5.32 Å². The van der Waals surface area contributed by atoms with E-state index in [0.717, 1.165) is 28.7 Å². The first-order valence-corrected chi connectivity index (χ1v) is 6.68. The van der Waals surface area contributed by atoms with E-state index in [1.807, 2.05) is 6.20 Å². The maximum absolute atomic E-state index is 12.8. The molecule has 0 saturated carbocycles. The van der Waals surface area contributed by atoms with Gasteiger partial charge in [-0.1, -0.05) is 0 Å². The number of anilines is 1. The van der Waals surface area contributed by atoms with Gasteiger partial charge in [0.2, 0.25) is 0 Å². The van der Waals surface area contributed by atoms with Gasteiger partial charge in [0, 0.05) is 16.4 Å². The van der Waals surface area contributed by atoms with Crippen LogP contribution in [0.5, 0.6) is 0 Å². The summed E-state index contributed by atoms with van der Waals surface area (Å²) in [6.45, 7) is 0. The highest BCUT2D eigenvalue weighted by Gasteiger charge is 2.23. The second kappa shape index (κ2) is 4.69. The minimum atomic E-state index is -0.213. The Labute approximate surface area is 113 Å². The average Bonchev–Trinajstić information content (AvgIpc) is 2.74. The highest BCUT2D eigenvalue weighted by Crippen LogP contribution is 2.33. The van der Waals surface area contributed by atoms with Crippen molar-refractivity contribution >= 4 is 21.6 Å². The quantitative estimate of drug-likeness (QED) is 0.904. The summed E-state index contributed by atoms with van der Waals surface area (Å²) in [6.07, 6.45) is 3.88. The SMILES string of the molecule is Fc1ccc(N[C@@H]2CCc3cc(Br)cnc32)cc1. The number of halogens is 2. The topological polar surface area (TPSA) is 24.9 Å². The molecule has 0 amide bonds. The summed E-state index contributed by atoms with van der Waals surface area (Å²) < 4.78 is 13.9. The average molecular weight is 307 g/mol. The molecule has 1 N–H and O–H groups in total. The Balaban J connectivity index is 1.82. The van der Waals surface area contributed by atoms with Crippen LogP contribution in [0, 0.1) is 5.82 Å². The van der Waals surface area contributed by atoms with Gasteiger partial charge >= 0.3 is 0 Å². The largest absolute Gasteiger partial charge is 0.377 e. The van der Waals surface area contributed by atoms with Crippen LogP contribution in [0.25, 0.3) is 0 Å². The fourth-order valence-electron chi connectivity index (χ4n) is 2.33. The number of aromatic nitrogens is 1. The smallest absolute Gasteiger partial charge is 0.123 e. The third kappa shape index (κ3) is 2.25. The second-order valence-electron chi connectivity index (χ2n) is 4.44. The van der Waals surface area contributed by atoms with Crippen LogP contribution in [0.4, 0.5) is 10.1 Å². The van der Waals surface area contributed by atoms with Gasteiger partial charge in [-0.05, 0) is 64.7 Å². The van der Waals surface area contributed by atoms with Gasteiger partial charge in [-0.25, -0.2) is 4.39 Å². The summed E-state index contributed by atoms with van der Waals surface area (Å²) in [5.74, 6) is -0.213. The minimum absolute atomic E-state index is 0.213. The number of nitrogens with one attached hydrogen (secondary N) is 1. The zero-order chi connectivity index (χ0) is 12.5. The molecule has 2 aromatic rings. The summed E-state index contributed by atoms with van der Waals surface area (Å²) >= 11 is 3.44. The summed E-state index contributed by atoms with van der Waals surface area (Å²) in [5.41, 5.74) is 3.31. The summed E-state index contributed by atoms with van der Waals surface area (Å²) in [7, 11) is 0. The molecule has 0 radical (unpaired) electrons. The van der Waals surface area contributed by atoms with Crippen LogP contribution in [-0.2, 0) is 6.42 Å². The van der Waals surface area contributed by atoms with Crippen molar-refractivity contribution in [1.29, 1.82) is 0 Å². The number of hydrogen-bond acceptors (Lipinski definition) is 2. The van der Waals surface area contributed by atoms with Gasteiger partial charge in [0.05, 0.1) is 11.7 Å². The first kappa shape index (κ1) is 11.7. The summed E-state index contributed by atoms with van der Waals surface area (Å²) in [6, 6.07) is 8.78. The van der Waals surface area contributed by atoms with E-state index in [2.05, 4.69) is 32.3 Å². The Kier molecular flexibility index (Phi) is 3.04. The highest BCUT2D eigenvalue weighted by molar-refractivity contribution is 9.10. The van der Waals surface area contributed by atoms with Crippen LogP contribution in [0.1, 0.15) is 23.7 Å². The summed E-state index contributed by atoms with van der Waals surface area (Å²) in [5, 5.41) is 3.40. The Morgan fingerprint density at radius 1 is 1.28 bits per heavy atom. The number of aryl methyl sites for hydroxylation is 1. The molecule has 3 rings (SSSR count). The summed E-state index contributed by atoms with van der Waals surface area (Å²) in [4.78, 5) is 4.47. The molecule has 1 aliphatic carbocycles. The van der Waals surface area contributed by atoms with Crippen molar-refractivity contribution < 1.29 is 4.39 Å². The van der Waals surface area contributed by atoms with E-state index in [4.69, 9.17) is 0 Å². The molecule has 0 fully saturated rings. The van der Waals surface area contributed by atoms with Gasteiger partial charge < -0.3 is 5.32 Å². The van der Waals surface area contributed by atoms with Gasteiger partial charge in [-0.2, -0.15) is 0 Å². The van der Waals surface area contributed by atoms with Crippen molar-refractivity contribution in [2.75, 3.05) is 5.32 Å². The number of hydrogen-bond donors (Lipinski definition) is 1. The van der Waals surface area contributed by atoms with E-state index >= 15 is 0 Å². The number of nitrogens with zero attached hydrogens (tertiary/aromatic N) is 1. The zero-order valence-electron chi connectivity index (χ0n) is 9.66. The fourth-order valence-corrected chi connectivity index (χ4v) is 2.71. The second-order valence-corrected chi connectivity index (χ2v) is 5.36. The molecule has 2 nitrogen and oxygen atoms in total. The molecule has 0 bridgehead atoms. The lowest BCUT2D eigenvalue weighted by Crippen LogP contribution is -2.08. The van der Waals surface area contributed by atoms with Gasteiger partial charge in [0.1, 0.15) is 5.82 Å². The first-order valence-electron chi connectivity index (χ1n) is 5.89. The minimum Gasteiger partial charge on any atom is -0.377 e. The van der Waals surface area contributed by atoms with Crippen LogP contribution >= 0.6 is 15.9 Å². The predicted octanol–water partition coefficient (Wildman–Crippen LogP) is 4.08. The van der Waals surface area contributed by atoms with Crippen molar-refractivity contribution in [2.24, 2.45) is 0 Å². The van der Waals surface area contributed by atoms with Crippen molar-refractivity contribution in [3.63, 3.8) is 0 Å². The lowest BCUT2D eigenvalue weighted by Gasteiger charge is -2.14. The molecule has 1 aromatic heterocycles. The van der Waals surface area contributed by atoms with E-state index in [1.54, 1.807) is 12.1 Å². The molecule has 0 aliphatic heterocycles. The third-order valence-electron chi connectivity index (χ3n) is 3.19. The van der Waals surface area contributed by atoms with Crippen molar-refractivity contribution in [3.05, 3.63) is 58.1 Å². The van der Waals surface area contributed by atoms with Gasteiger partial charge in [-0.15, -0.1) is 0 Å². The first-order chi connectivity index (χ1) is 8.72. The van der Waals surface area contributed by atoms with Gasteiger partial charge in [0.15, 0.2) is 0 Å². The molecule has 1 aromatic carbocycles. The Bertz CT molecular complexity index is 569. The van der Waals surface area contributed by atoms with Crippen LogP contribution in [0.15, 0.2) is 41.0 Å². The lowest BCUT2D eigenvalue weighted by molar-refractivity contribution is 0.627. The molecular formula is C14H12BrFN2. The third-order valence-corrected chi connectivity index (χ3v) is 3.62. The van der Waals surface area contributed by atoms with Gasteiger partial charge in [0.25, 0.3) is 0 Å². The molecule has 0 saturated heterocycles. The highest BCUT2D eigenvalue weighted by atomic mass is 79.9. The predicted molar refractivity (Wildman–Crippen MR) is 73.0 cm³/mol. The maximum Gasteiger partial charge on any atom is 0.123 e. The molecule has 0 unspecified atom stereocenters. The molecular weight excluding hydrogens is 295 g/mol. The molecule has 1 aliphatic rings. The monoisotopic (exact) mass is 306 g/mol. The standard InChI is InChI=1S/C14H12BrFN2/c15-10-7-9-1-6-13(14(9)17-8-10)18-12-4-2-11(16)3-5-12/h2-5,7-8,13,18H,1,6H2/t13-/m1/s1. The van der Waals surface area contributed by atoms with E-state index < -0.39 is 0 Å². The van der Waals surface area contributed by atoms with E-state index in [0.29, 0.717) is 0 Å². The normalized spacial score (nSPS) is 17.6.